The molecular weight excluding hydrogens is 430 g/mol. The van der Waals surface area contributed by atoms with Crippen molar-refractivity contribution in [3.05, 3.63) is 64.6 Å². The molecule has 2 aromatic rings. The number of halogens is 2. The zero-order valence-corrected chi connectivity index (χ0v) is 17.7. The van der Waals surface area contributed by atoms with E-state index in [1.807, 2.05) is 6.07 Å². The van der Waals surface area contributed by atoms with E-state index in [0.717, 1.165) is 25.7 Å². The lowest BCUT2D eigenvalue weighted by molar-refractivity contribution is -0.0505. The predicted molar refractivity (Wildman–Crippen MR) is 112 cm³/mol. The number of ether oxygens (including phenoxy) is 2. The fraction of sp³-hybridized carbons (Fsp3) is 0.476. The maximum absolute atomic E-state index is 12.4. The summed E-state index contributed by atoms with van der Waals surface area (Å²) >= 11 is -0.750. The van der Waals surface area contributed by atoms with Gasteiger partial charge in [-0.2, -0.15) is 17.2 Å². The van der Waals surface area contributed by atoms with Gasteiger partial charge in [-0.05, 0) is 43.2 Å². The summed E-state index contributed by atoms with van der Waals surface area (Å²) in [6.45, 7) is -2.52. The standard InChI is InChI=1S/C21H26F2N2O3.O2S/c22-21(23)28-19-10-11-20(26)25(13-19)17(12-24)14-27-18-8-6-16(7-9-18)15-4-2-1-3-5-15;1-3-2/h1-5,10-11,13,16-18,21H,6-9,12,14,24H2;. The Morgan fingerprint density at radius 3 is 2.29 bits per heavy atom. The largest absolute Gasteiger partial charge is 0.433 e. The number of hydrogen-bond acceptors (Lipinski definition) is 6. The summed E-state index contributed by atoms with van der Waals surface area (Å²) in [4.78, 5) is 12.1. The van der Waals surface area contributed by atoms with E-state index >= 15 is 0 Å². The number of benzene rings is 1. The molecule has 2 N–H and O–H groups in total. The van der Waals surface area contributed by atoms with Crippen LogP contribution in [-0.4, -0.2) is 38.9 Å². The van der Waals surface area contributed by atoms with E-state index in [2.05, 4.69) is 29.0 Å². The van der Waals surface area contributed by atoms with Gasteiger partial charge in [0.15, 0.2) is 0 Å². The van der Waals surface area contributed by atoms with Gasteiger partial charge in [-0.25, -0.2) is 0 Å². The average Bonchev–Trinajstić information content (AvgIpc) is 2.77. The number of pyridine rings is 1. The summed E-state index contributed by atoms with van der Waals surface area (Å²) in [5.41, 5.74) is 6.85. The predicted octanol–water partition coefficient (Wildman–Crippen LogP) is 3.02. The van der Waals surface area contributed by atoms with Gasteiger partial charge in [0, 0.05) is 18.8 Å². The molecule has 0 spiro atoms. The highest BCUT2D eigenvalue weighted by molar-refractivity contribution is 7.51. The maximum Gasteiger partial charge on any atom is 0.387 e. The van der Waals surface area contributed by atoms with Crippen LogP contribution in [-0.2, 0) is 16.3 Å². The Bertz CT molecular complexity index is 883. The van der Waals surface area contributed by atoms with Crippen molar-refractivity contribution in [3.63, 3.8) is 0 Å². The fourth-order valence-electron chi connectivity index (χ4n) is 3.74. The molecule has 10 heteroatoms. The smallest absolute Gasteiger partial charge is 0.387 e. The van der Waals surface area contributed by atoms with Crippen LogP contribution in [0.2, 0.25) is 0 Å². The van der Waals surface area contributed by atoms with Crippen molar-refractivity contribution < 1.29 is 26.7 Å². The minimum Gasteiger partial charge on any atom is -0.433 e. The Hall–Kier alpha value is -2.43. The monoisotopic (exact) mass is 456 g/mol. The van der Waals surface area contributed by atoms with Crippen LogP contribution in [0, 0.1) is 0 Å². The molecule has 3 rings (SSSR count). The van der Waals surface area contributed by atoms with Gasteiger partial charge in [0.2, 0.25) is 0 Å². The Morgan fingerprint density at radius 1 is 1.06 bits per heavy atom. The van der Waals surface area contributed by atoms with Gasteiger partial charge in [0.25, 0.3) is 5.56 Å². The summed E-state index contributed by atoms with van der Waals surface area (Å²) in [7, 11) is 0. The van der Waals surface area contributed by atoms with Gasteiger partial charge in [-0.15, -0.1) is 0 Å². The highest BCUT2D eigenvalue weighted by Gasteiger charge is 2.24. The molecule has 1 aromatic heterocycles. The second kappa shape index (κ2) is 13.1. The Labute approximate surface area is 182 Å². The second-order valence-corrected chi connectivity index (χ2v) is 7.30. The molecule has 1 unspecified atom stereocenters. The number of aromatic nitrogens is 1. The number of nitrogens with zero attached hydrogens (tertiary/aromatic N) is 1. The van der Waals surface area contributed by atoms with Gasteiger partial charge >= 0.3 is 18.2 Å². The van der Waals surface area contributed by atoms with Crippen LogP contribution >= 0.6 is 0 Å². The highest BCUT2D eigenvalue weighted by atomic mass is 32.1. The first kappa shape index (κ1) is 24.8. The van der Waals surface area contributed by atoms with Crippen molar-refractivity contribution >= 4 is 11.6 Å². The van der Waals surface area contributed by atoms with Crippen molar-refractivity contribution in [2.24, 2.45) is 5.73 Å². The average molecular weight is 457 g/mol. The van der Waals surface area contributed by atoms with Crippen molar-refractivity contribution in [1.82, 2.24) is 4.57 Å². The van der Waals surface area contributed by atoms with Crippen molar-refractivity contribution in [2.45, 2.75) is 50.4 Å². The van der Waals surface area contributed by atoms with Gasteiger partial charge in [-0.3, -0.25) is 4.79 Å². The molecule has 1 aliphatic carbocycles. The molecule has 0 saturated heterocycles. The number of nitrogens with two attached hydrogens (primary N) is 1. The summed E-state index contributed by atoms with van der Waals surface area (Å²) in [5.74, 6) is 0.480. The Kier molecular flexibility index (Phi) is 10.5. The van der Waals surface area contributed by atoms with Crippen LogP contribution in [0.5, 0.6) is 5.75 Å². The van der Waals surface area contributed by atoms with Crippen LogP contribution in [0.15, 0.2) is 53.5 Å². The molecule has 1 atom stereocenters. The second-order valence-electron chi connectivity index (χ2n) is 7.16. The SMILES string of the molecule is NCC(COC1CCC(c2ccccc2)CC1)n1cc(OC(F)F)ccc1=O.O=S=O. The third-order valence-corrected chi connectivity index (χ3v) is 5.27. The fourth-order valence-corrected chi connectivity index (χ4v) is 3.74. The summed E-state index contributed by atoms with van der Waals surface area (Å²) in [6.07, 6.45) is 5.38. The lowest BCUT2D eigenvalue weighted by Crippen LogP contribution is -2.34. The van der Waals surface area contributed by atoms with E-state index in [-0.39, 0.29) is 30.6 Å². The first-order valence-corrected chi connectivity index (χ1v) is 10.6. The van der Waals surface area contributed by atoms with Gasteiger partial charge in [-0.1, -0.05) is 30.3 Å². The topological polar surface area (TPSA) is 101 Å². The summed E-state index contributed by atoms with van der Waals surface area (Å²) < 4.78 is 53.1. The van der Waals surface area contributed by atoms with Crippen molar-refractivity contribution in [2.75, 3.05) is 13.2 Å². The number of rotatable bonds is 8. The van der Waals surface area contributed by atoms with E-state index in [1.165, 1.54) is 28.5 Å². The van der Waals surface area contributed by atoms with Crippen LogP contribution in [0.1, 0.15) is 43.2 Å². The number of hydrogen-bond donors (Lipinski definition) is 1. The maximum atomic E-state index is 12.4. The Balaban J connectivity index is 0.00000107. The van der Waals surface area contributed by atoms with Crippen LogP contribution < -0.4 is 16.0 Å². The van der Waals surface area contributed by atoms with E-state index in [0.29, 0.717) is 5.92 Å². The molecule has 1 aromatic carbocycles. The van der Waals surface area contributed by atoms with E-state index in [9.17, 15) is 13.6 Å². The molecule has 1 saturated carbocycles. The van der Waals surface area contributed by atoms with E-state index < -0.39 is 24.2 Å². The van der Waals surface area contributed by atoms with Gasteiger partial charge in [0.1, 0.15) is 5.75 Å². The van der Waals surface area contributed by atoms with Crippen LogP contribution in [0.3, 0.4) is 0 Å². The highest BCUT2D eigenvalue weighted by Crippen LogP contribution is 2.34. The zero-order chi connectivity index (χ0) is 22.6. The Morgan fingerprint density at radius 2 is 1.71 bits per heavy atom. The van der Waals surface area contributed by atoms with Crippen molar-refractivity contribution in [1.29, 1.82) is 0 Å². The summed E-state index contributed by atoms with van der Waals surface area (Å²) in [6, 6.07) is 12.5. The first-order chi connectivity index (χ1) is 15.0. The quantitative estimate of drug-likeness (QED) is 0.655. The lowest BCUT2D eigenvalue weighted by Gasteiger charge is -2.30. The minimum absolute atomic E-state index is 0.0728. The molecule has 1 fully saturated rings. The lowest BCUT2D eigenvalue weighted by atomic mass is 9.83. The first-order valence-electron chi connectivity index (χ1n) is 9.93. The molecule has 1 aliphatic rings. The zero-order valence-electron chi connectivity index (χ0n) is 16.9. The normalized spacial score (nSPS) is 19.2. The third-order valence-electron chi connectivity index (χ3n) is 5.27. The molecule has 0 radical (unpaired) electrons. The van der Waals surface area contributed by atoms with Crippen LogP contribution in [0.25, 0.3) is 0 Å². The third kappa shape index (κ3) is 7.97. The van der Waals surface area contributed by atoms with E-state index in [1.54, 1.807) is 0 Å². The van der Waals surface area contributed by atoms with Crippen molar-refractivity contribution in [3.8, 4) is 5.75 Å². The number of alkyl halides is 2. The summed E-state index contributed by atoms with van der Waals surface area (Å²) in [5, 5.41) is 0. The molecular formula is C21H26F2N2O5S. The molecule has 0 bridgehead atoms. The van der Waals surface area contributed by atoms with Crippen LogP contribution in [0.4, 0.5) is 8.78 Å². The van der Waals surface area contributed by atoms with E-state index in [4.69, 9.17) is 18.9 Å². The van der Waals surface area contributed by atoms with Gasteiger partial charge in [0.05, 0.1) is 18.8 Å². The molecule has 1 heterocycles. The molecule has 31 heavy (non-hydrogen) atoms. The molecule has 0 amide bonds. The molecule has 7 nitrogen and oxygen atoms in total. The van der Waals surface area contributed by atoms with Gasteiger partial charge < -0.3 is 19.8 Å². The molecule has 0 aliphatic heterocycles. The minimum atomic E-state index is -2.95. The molecule has 170 valence electrons.